The molecule has 0 bridgehead atoms. The number of amides is 1. The van der Waals surface area contributed by atoms with Gasteiger partial charge in [-0.25, -0.2) is 0 Å². The first-order chi connectivity index (χ1) is 9.50. The molecule has 2 unspecified atom stereocenters. The van der Waals surface area contributed by atoms with Gasteiger partial charge in [-0.05, 0) is 50.5 Å². The second-order valence-corrected chi connectivity index (χ2v) is 5.86. The van der Waals surface area contributed by atoms with E-state index < -0.39 is 0 Å². The number of nitrogens with zero attached hydrogens (tertiary/aromatic N) is 2. The zero-order valence-electron chi connectivity index (χ0n) is 12.7. The van der Waals surface area contributed by atoms with Crippen LogP contribution in [0.25, 0.3) is 0 Å². The van der Waals surface area contributed by atoms with E-state index >= 15 is 0 Å². The molecular weight excluding hydrogens is 250 g/mol. The molecule has 1 aromatic carbocycles. The molecule has 2 N–H and O–H groups in total. The molecule has 1 aliphatic rings. The van der Waals surface area contributed by atoms with Crippen LogP contribution in [0, 0.1) is 0 Å². The molecule has 1 amide bonds. The van der Waals surface area contributed by atoms with Crippen molar-refractivity contribution < 1.29 is 4.79 Å². The van der Waals surface area contributed by atoms with Crippen molar-refractivity contribution in [1.29, 1.82) is 0 Å². The van der Waals surface area contributed by atoms with Gasteiger partial charge in [0.05, 0.1) is 0 Å². The summed E-state index contributed by atoms with van der Waals surface area (Å²) in [6.07, 6.45) is 3.25. The Morgan fingerprint density at radius 3 is 2.50 bits per heavy atom. The molecule has 20 heavy (non-hydrogen) atoms. The molecule has 2 atom stereocenters. The lowest BCUT2D eigenvalue weighted by Crippen LogP contribution is -2.51. The van der Waals surface area contributed by atoms with Gasteiger partial charge in [-0.15, -0.1) is 0 Å². The molecule has 0 radical (unpaired) electrons. The molecular formula is C16H25N3O. The van der Waals surface area contributed by atoms with Gasteiger partial charge < -0.3 is 15.5 Å². The van der Waals surface area contributed by atoms with E-state index in [9.17, 15) is 4.79 Å². The van der Waals surface area contributed by atoms with Crippen LogP contribution in [-0.2, 0) is 0 Å². The van der Waals surface area contributed by atoms with Gasteiger partial charge in [-0.2, -0.15) is 0 Å². The van der Waals surface area contributed by atoms with E-state index in [2.05, 4.69) is 0 Å². The third-order valence-electron chi connectivity index (χ3n) is 4.05. The largest absolute Gasteiger partial charge is 0.378 e. The van der Waals surface area contributed by atoms with E-state index in [-0.39, 0.29) is 18.0 Å². The Morgan fingerprint density at radius 1 is 1.30 bits per heavy atom. The lowest BCUT2D eigenvalue weighted by atomic mass is 9.96. The molecule has 0 aromatic heterocycles. The Kier molecular flexibility index (Phi) is 4.65. The molecule has 0 aliphatic carbocycles. The lowest BCUT2D eigenvalue weighted by molar-refractivity contribution is 0.0584. The number of hydrogen-bond acceptors (Lipinski definition) is 3. The Labute approximate surface area is 121 Å². The number of piperidine rings is 1. The van der Waals surface area contributed by atoms with Crippen LogP contribution in [0.15, 0.2) is 24.3 Å². The topological polar surface area (TPSA) is 49.6 Å². The maximum atomic E-state index is 12.7. The molecule has 1 heterocycles. The summed E-state index contributed by atoms with van der Waals surface area (Å²) >= 11 is 0. The van der Waals surface area contributed by atoms with E-state index in [1.807, 2.05) is 55.1 Å². The zero-order valence-corrected chi connectivity index (χ0v) is 12.7. The third kappa shape index (κ3) is 3.12. The second kappa shape index (κ2) is 6.27. The van der Waals surface area contributed by atoms with Crippen molar-refractivity contribution in [3.05, 3.63) is 29.8 Å². The summed E-state index contributed by atoms with van der Waals surface area (Å²) in [5.41, 5.74) is 7.89. The number of carbonyl (C=O) groups is 1. The summed E-state index contributed by atoms with van der Waals surface area (Å²) in [5, 5.41) is 0. The summed E-state index contributed by atoms with van der Waals surface area (Å²) in [5.74, 6) is 0.109. The minimum absolute atomic E-state index is 0.0281. The number of anilines is 1. The predicted octanol–water partition coefficient (Wildman–Crippen LogP) is 2.09. The van der Waals surface area contributed by atoms with E-state index in [0.29, 0.717) is 0 Å². The van der Waals surface area contributed by atoms with Crippen LogP contribution in [0.1, 0.15) is 36.5 Å². The van der Waals surface area contributed by atoms with Gasteiger partial charge in [0, 0.05) is 44.0 Å². The lowest BCUT2D eigenvalue weighted by Gasteiger charge is -2.38. The molecule has 110 valence electrons. The van der Waals surface area contributed by atoms with E-state index in [1.165, 1.54) is 0 Å². The Morgan fingerprint density at radius 2 is 1.95 bits per heavy atom. The smallest absolute Gasteiger partial charge is 0.254 e. The SMILES string of the molecule is CC(N)C1CCCCN1C(=O)c1ccc(N(C)C)cc1. The van der Waals surface area contributed by atoms with Gasteiger partial charge in [-0.3, -0.25) is 4.79 Å². The summed E-state index contributed by atoms with van der Waals surface area (Å²) in [7, 11) is 3.99. The Balaban J connectivity index is 2.16. The van der Waals surface area contributed by atoms with Gasteiger partial charge in [0.2, 0.25) is 0 Å². The van der Waals surface area contributed by atoms with Crippen LogP contribution >= 0.6 is 0 Å². The first-order valence-electron chi connectivity index (χ1n) is 7.34. The van der Waals surface area contributed by atoms with Crippen molar-refractivity contribution >= 4 is 11.6 Å². The van der Waals surface area contributed by atoms with Crippen LogP contribution in [0.4, 0.5) is 5.69 Å². The summed E-state index contributed by atoms with van der Waals surface area (Å²) in [4.78, 5) is 16.6. The first-order valence-corrected chi connectivity index (χ1v) is 7.34. The maximum absolute atomic E-state index is 12.7. The number of rotatable bonds is 3. The van der Waals surface area contributed by atoms with Crippen molar-refractivity contribution in [2.45, 2.75) is 38.3 Å². The van der Waals surface area contributed by atoms with Crippen LogP contribution in [0.2, 0.25) is 0 Å². The zero-order chi connectivity index (χ0) is 14.7. The van der Waals surface area contributed by atoms with Crippen LogP contribution in [-0.4, -0.2) is 43.5 Å². The second-order valence-electron chi connectivity index (χ2n) is 5.86. The molecule has 0 saturated carbocycles. The minimum atomic E-state index is 0.0281. The average Bonchev–Trinajstić information content (AvgIpc) is 2.46. The summed E-state index contributed by atoms with van der Waals surface area (Å²) in [6.45, 7) is 2.81. The highest BCUT2D eigenvalue weighted by Gasteiger charge is 2.29. The molecule has 2 rings (SSSR count). The van der Waals surface area contributed by atoms with Gasteiger partial charge in [-0.1, -0.05) is 0 Å². The van der Waals surface area contributed by atoms with E-state index in [1.54, 1.807) is 0 Å². The number of carbonyl (C=O) groups excluding carboxylic acids is 1. The standard InChI is InChI=1S/C16H25N3O/c1-12(17)15-6-4-5-11-19(15)16(20)13-7-9-14(10-8-13)18(2)3/h7-10,12,15H,4-6,11,17H2,1-3H3. The van der Waals surface area contributed by atoms with Crippen molar-refractivity contribution in [1.82, 2.24) is 4.90 Å². The number of hydrogen-bond donors (Lipinski definition) is 1. The van der Waals surface area contributed by atoms with Crippen LogP contribution in [0.5, 0.6) is 0 Å². The fourth-order valence-electron chi connectivity index (χ4n) is 2.82. The fraction of sp³-hybridized carbons (Fsp3) is 0.562. The van der Waals surface area contributed by atoms with Crippen molar-refractivity contribution in [3.63, 3.8) is 0 Å². The summed E-state index contributed by atoms with van der Waals surface area (Å²) in [6, 6.07) is 7.98. The molecule has 1 saturated heterocycles. The van der Waals surface area contributed by atoms with Crippen molar-refractivity contribution in [2.24, 2.45) is 5.73 Å². The molecule has 4 heteroatoms. The van der Waals surface area contributed by atoms with Gasteiger partial charge >= 0.3 is 0 Å². The van der Waals surface area contributed by atoms with Crippen molar-refractivity contribution in [3.8, 4) is 0 Å². The quantitative estimate of drug-likeness (QED) is 0.919. The number of nitrogens with two attached hydrogens (primary N) is 1. The Bertz CT molecular complexity index is 453. The highest BCUT2D eigenvalue weighted by atomic mass is 16.2. The molecule has 1 fully saturated rings. The van der Waals surface area contributed by atoms with Gasteiger partial charge in [0.25, 0.3) is 5.91 Å². The van der Waals surface area contributed by atoms with Crippen molar-refractivity contribution in [2.75, 3.05) is 25.5 Å². The number of benzene rings is 1. The minimum Gasteiger partial charge on any atom is -0.378 e. The maximum Gasteiger partial charge on any atom is 0.254 e. The average molecular weight is 275 g/mol. The predicted molar refractivity (Wildman–Crippen MR) is 83.1 cm³/mol. The Hall–Kier alpha value is -1.55. The van der Waals surface area contributed by atoms with Crippen LogP contribution < -0.4 is 10.6 Å². The molecule has 0 spiro atoms. The van der Waals surface area contributed by atoms with E-state index in [4.69, 9.17) is 5.73 Å². The first kappa shape index (κ1) is 14.9. The van der Waals surface area contributed by atoms with E-state index in [0.717, 1.165) is 37.1 Å². The highest BCUT2D eigenvalue weighted by Crippen LogP contribution is 2.22. The molecule has 1 aliphatic heterocycles. The molecule has 1 aromatic rings. The third-order valence-corrected chi connectivity index (χ3v) is 4.05. The van der Waals surface area contributed by atoms with Crippen LogP contribution in [0.3, 0.4) is 0 Å². The highest BCUT2D eigenvalue weighted by molar-refractivity contribution is 5.94. The fourth-order valence-corrected chi connectivity index (χ4v) is 2.82. The van der Waals surface area contributed by atoms with Gasteiger partial charge in [0.1, 0.15) is 0 Å². The summed E-state index contributed by atoms with van der Waals surface area (Å²) < 4.78 is 0. The molecule has 4 nitrogen and oxygen atoms in total. The van der Waals surface area contributed by atoms with Gasteiger partial charge in [0.15, 0.2) is 0 Å². The number of likely N-dealkylation sites (tertiary alicyclic amines) is 1. The monoisotopic (exact) mass is 275 g/mol. The normalized spacial score (nSPS) is 20.6.